The molecular formula is C13H10N4O2. The molecule has 4 N–H and O–H groups in total. The third-order valence-electron chi connectivity index (χ3n) is 2.39. The number of carboxylic acids is 1. The average molecular weight is 254 g/mol. The van der Waals surface area contributed by atoms with Crippen LogP contribution in [0.4, 0.5) is 17.2 Å². The summed E-state index contributed by atoms with van der Waals surface area (Å²) in [5, 5.41) is 20.7. The van der Waals surface area contributed by atoms with E-state index in [1.807, 2.05) is 6.07 Å². The highest BCUT2D eigenvalue weighted by atomic mass is 16.4. The van der Waals surface area contributed by atoms with E-state index in [4.69, 9.17) is 16.1 Å². The van der Waals surface area contributed by atoms with Gasteiger partial charge in [0.15, 0.2) is 0 Å². The fourth-order valence-corrected chi connectivity index (χ4v) is 1.55. The summed E-state index contributed by atoms with van der Waals surface area (Å²) in [4.78, 5) is 15.0. The second-order valence-electron chi connectivity index (χ2n) is 3.79. The second kappa shape index (κ2) is 5.06. The van der Waals surface area contributed by atoms with E-state index < -0.39 is 5.97 Å². The molecule has 6 nitrogen and oxygen atoms in total. The van der Waals surface area contributed by atoms with Gasteiger partial charge in [0.25, 0.3) is 0 Å². The number of aromatic carboxylic acids is 1. The number of rotatable bonds is 3. The van der Waals surface area contributed by atoms with Gasteiger partial charge in [-0.2, -0.15) is 5.26 Å². The molecule has 0 aliphatic carbocycles. The van der Waals surface area contributed by atoms with Crippen molar-refractivity contribution in [2.45, 2.75) is 0 Å². The molecule has 94 valence electrons. The van der Waals surface area contributed by atoms with E-state index in [1.165, 1.54) is 12.3 Å². The lowest BCUT2D eigenvalue weighted by Gasteiger charge is -2.09. The highest BCUT2D eigenvalue weighted by Crippen LogP contribution is 2.21. The van der Waals surface area contributed by atoms with Crippen LogP contribution < -0.4 is 11.1 Å². The highest BCUT2D eigenvalue weighted by Gasteiger charge is 2.12. The van der Waals surface area contributed by atoms with Crippen molar-refractivity contribution in [1.82, 2.24) is 4.98 Å². The normalized spacial score (nSPS) is 9.63. The number of hydrogen-bond acceptors (Lipinski definition) is 5. The van der Waals surface area contributed by atoms with Crippen LogP contribution in [0.15, 0.2) is 36.5 Å². The summed E-state index contributed by atoms with van der Waals surface area (Å²) in [6.45, 7) is 0. The summed E-state index contributed by atoms with van der Waals surface area (Å²) in [7, 11) is 0. The first-order valence-corrected chi connectivity index (χ1v) is 5.36. The number of nitrogens with two attached hydrogens (primary N) is 1. The van der Waals surface area contributed by atoms with Crippen molar-refractivity contribution in [3.8, 4) is 6.07 Å². The largest absolute Gasteiger partial charge is 0.478 e. The average Bonchev–Trinajstić information content (AvgIpc) is 2.41. The standard InChI is InChI=1S/C13H10N4O2/c14-6-8-2-1-3-10(4-8)17-12-11(13(18)19)5-9(15)7-16-12/h1-5,7H,15H2,(H,16,17)(H,18,19). The maximum Gasteiger partial charge on any atom is 0.339 e. The zero-order valence-electron chi connectivity index (χ0n) is 9.79. The van der Waals surface area contributed by atoms with Gasteiger partial charge in [-0.25, -0.2) is 9.78 Å². The second-order valence-corrected chi connectivity index (χ2v) is 3.79. The fraction of sp³-hybridized carbons (Fsp3) is 0. The third-order valence-corrected chi connectivity index (χ3v) is 2.39. The molecule has 0 spiro atoms. The SMILES string of the molecule is N#Cc1cccc(Nc2ncc(N)cc2C(=O)O)c1. The van der Waals surface area contributed by atoms with Gasteiger partial charge in [-0.1, -0.05) is 6.07 Å². The predicted octanol–water partition coefficient (Wildman–Crippen LogP) is 1.98. The Hall–Kier alpha value is -3.07. The van der Waals surface area contributed by atoms with E-state index in [0.29, 0.717) is 11.3 Å². The van der Waals surface area contributed by atoms with Gasteiger partial charge in [-0.05, 0) is 24.3 Å². The first kappa shape index (κ1) is 12.4. The molecule has 2 aromatic rings. The van der Waals surface area contributed by atoms with E-state index in [9.17, 15) is 4.79 Å². The number of anilines is 3. The molecule has 0 fully saturated rings. The number of carboxylic acid groups (broad SMARTS) is 1. The van der Waals surface area contributed by atoms with Crippen molar-refractivity contribution in [3.63, 3.8) is 0 Å². The molecule has 0 saturated carbocycles. The van der Waals surface area contributed by atoms with Crippen LogP contribution in [0.2, 0.25) is 0 Å². The predicted molar refractivity (Wildman–Crippen MR) is 70.0 cm³/mol. The summed E-state index contributed by atoms with van der Waals surface area (Å²) in [6.07, 6.45) is 1.36. The van der Waals surface area contributed by atoms with Crippen molar-refractivity contribution in [2.75, 3.05) is 11.1 Å². The summed E-state index contributed by atoms with van der Waals surface area (Å²) >= 11 is 0. The van der Waals surface area contributed by atoms with Gasteiger partial charge in [-0.3, -0.25) is 0 Å². The third kappa shape index (κ3) is 2.79. The molecule has 0 amide bonds. The molecule has 1 aromatic heterocycles. The Morgan fingerprint density at radius 2 is 2.21 bits per heavy atom. The molecule has 0 unspecified atom stereocenters. The van der Waals surface area contributed by atoms with Crippen molar-refractivity contribution in [1.29, 1.82) is 5.26 Å². The molecule has 19 heavy (non-hydrogen) atoms. The van der Waals surface area contributed by atoms with E-state index >= 15 is 0 Å². The summed E-state index contributed by atoms with van der Waals surface area (Å²) < 4.78 is 0. The van der Waals surface area contributed by atoms with Gasteiger partial charge in [-0.15, -0.1) is 0 Å². The molecule has 2 rings (SSSR count). The lowest BCUT2D eigenvalue weighted by Crippen LogP contribution is -2.06. The van der Waals surface area contributed by atoms with Gasteiger partial charge < -0.3 is 16.2 Å². The summed E-state index contributed by atoms with van der Waals surface area (Å²) in [5.74, 6) is -0.949. The van der Waals surface area contributed by atoms with E-state index in [0.717, 1.165) is 0 Å². The smallest absolute Gasteiger partial charge is 0.339 e. The van der Waals surface area contributed by atoms with E-state index in [1.54, 1.807) is 24.3 Å². The Bertz CT molecular complexity index is 677. The maximum atomic E-state index is 11.1. The van der Waals surface area contributed by atoms with Crippen molar-refractivity contribution < 1.29 is 9.90 Å². The van der Waals surface area contributed by atoms with E-state index in [2.05, 4.69) is 10.3 Å². The maximum absolute atomic E-state index is 11.1. The number of nitrogens with one attached hydrogen (secondary N) is 1. The molecule has 0 atom stereocenters. The Morgan fingerprint density at radius 3 is 2.89 bits per heavy atom. The topological polar surface area (TPSA) is 112 Å². The lowest BCUT2D eigenvalue weighted by molar-refractivity contribution is 0.0697. The minimum absolute atomic E-state index is 0.0256. The molecule has 1 aromatic carbocycles. The minimum atomic E-state index is -1.13. The van der Waals surface area contributed by atoms with Crippen LogP contribution in [0.5, 0.6) is 0 Å². The lowest BCUT2D eigenvalue weighted by atomic mass is 10.2. The number of benzene rings is 1. The molecule has 0 bridgehead atoms. The highest BCUT2D eigenvalue weighted by molar-refractivity contribution is 5.94. The van der Waals surface area contributed by atoms with Gasteiger partial charge in [0.05, 0.1) is 23.5 Å². The van der Waals surface area contributed by atoms with E-state index in [-0.39, 0.29) is 17.1 Å². The molecule has 1 heterocycles. The number of nitrogen functional groups attached to an aromatic ring is 1. The van der Waals surface area contributed by atoms with Crippen LogP contribution in [0.25, 0.3) is 0 Å². The number of nitrogens with zero attached hydrogens (tertiary/aromatic N) is 2. The van der Waals surface area contributed by atoms with Crippen molar-refractivity contribution in [3.05, 3.63) is 47.7 Å². The van der Waals surface area contributed by atoms with Crippen LogP contribution in [0.3, 0.4) is 0 Å². The number of nitriles is 1. The van der Waals surface area contributed by atoms with Crippen LogP contribution in [0.1, 0.15) is 15.9 Å². The number of aromatic nitrogens is 1. The van der Waals surface area contributed by atoms with Crippen LogP contribution in [0, 0.1) is 11.3 Å². The van der Waals surface area contributed by atoms with Gasteiger partial charge in [0.1, 0.15) is 11.4 Å². The molecular weight excluding hydrogens is 244 g/mol. The summed E-state index contributed by atoms with van der Waals surface area (Å²) in [6, 6.07) is 9.99. The molecule has 0 aliphatic rings. The van der Waals surface area contributed by atoms with Crippen molar-refractivity contribution >= 4 is 23.2 Å². The van der Waals surface area contributed by atoms with Gasteiger partial charge in [0, 0.05) is 5.69 Å². The first-order chi connectivity index (χ1) is 9.10. The van der Waals surface area contributed by atoms with Crippen molar-refractivity contribution in [2.24, 2.45) is 0 Å². The van der Waals surface area contributed by atoms with Crippen LogP contribution >= 0.6 is 0 Å². The Morgan fingerprint density at radius 1 is 1.42 bits per heavy atom. The fourth-order valence-electron chi connectivity index (χ4n) is 1.55. The Kier molecular flexibility index (Phi) is 3.30. The molecule has 6 heteroatoms. The molecule has 0 aliphatic heterocycles. The molecule has 0 radical (unpaired) electrons. The quantitative estimate of drug-likeness (QED) is 0.772. The molecule has 0 saturated heterocycles. The van der Waals surface area contributed by atoms with Crippen LogP contribution in [-0.2, 0) is 0 Å². The monoisotopic (exact) mass is 254 g/mol. The summed E-state index contributed by atoms with van der Waals surface area (Å²) in [5.41, 5.74) is 6.81. The first-order valence-electron chi connectivity index (χ1n) is 5.36. The zero-order valence-corrected chi connectivity index (χ0v) is 9.79. The number of hydrogen-bond donors (Lipinski definition) is 3. The Balaban J connectivity index is 2.38. The van der Waals surface area contributed by atoms with Crippen LogP contribution in [-0.4, -0.2) is 16.1 Å². The minimum Gasteiger partial charge on any atom is -0.478 e. The number of carbonyl (C=O) groups is 1. The van der Waals surface area contributed by atoms with Gasteiger partial charge in [0.2, 0.25) is 0 Å². The number of pyridine rings is 1. The van der Waals surface area contributed by atoms with Gasteiger partial charge >= 0.3 is 5.97 Å². The Labute approximate surface area is 109 Å². The zero-order chi connectivity index (χ0) is 13.8.